The van der Waals surface area contributed by atoms with Gasteiger partial charge in [0.1, 0.15) is 5.75 Å². The second-order valence-corrected chi connectivity index (χ2v) is 6.57. The maximum atomic E-state index is 11.3. The summed E-state index contributed by atoms with van der Waals surface area (Å²) in [5.41, 5.74) is 1.83. The molecule has 2 rings (SSSR count). The van der Waals surface area contributed by atoms with Crippen LogP contribution in [0.15, 0.2) is 34.2 Å². The Morgan fingerprint density at radius 2 is 2.15 bits per heavy atom. The molecule has 1 heterocycles. The molecule has 0 fully saturated rings. The van der Waals surface area contributed by atoms with Crippen LogP contribution in [-0.2, 0) is 0 Å². The number of nitrogens with zero attached hydrogens (tertiary/aromatic N) is 1. The quantitative estimate of drug-likeness (QED) is 0.361. The maximum absolute atomic E-state index is 11.3. The Balaban J connectivity index is 1.86. The van der Waals surface area contributed by atoms with E-state index in [4.69, 9.17) is 4.74 Å². The standard InChI is InChI=1S/C14H15IN2O2S/c1-9-3-4-12(11(15)7-9)19-5-6-20-14-16-10(2)8-13(18)17-14/h3-4,7-8H,5-6H2,1-2H3,(H,16,17,18). The summed E-state index contributed by atoms with van der Waals surface area (Å²) in [5, 5.41) is 0.636. The maximum Gasteiger partial charge on any atom is 0.251 e. The second kappa shape index (κ2) is 7.12. The number of aromatic amines is 1. The van der Waals surface area contributed by atoms with E-state index in [9.17, 15) is 4.79 Å². The molecule has 106 valence electrons. The van der Waals surface area contributed by atoms with Crippen LogP contribution >= 0.6 is 34.4 Å². The summed E-state index contributed by atoms with van der Waals surface area (Å²) in [6.07, 6.45) is 0. The van der Waals surface area contributed by atoms with Gasteiger partial charge in [0, 0.05) is 17.5 Å². The summed E-state index contributed by atoms with van der Waals surface area (Å²) in [7, 11) is 0. The third-order valence-corrected chi connectivity index (χ3v) is 4.20. The summed E-state index contributed by atoms with van der Waals surface area (Å²) in [5.74, 6) is 1.62. The molecule has 1 aromatic heterocycles. The van der Waals surface area contributed by atoms with Crippen LogP contribution in [0.2, 0.25) is 0 Å². The Hall–Kier alpha value is -1.02. The Morgan fingerprint density at radius 3 is 2.85 bits per heavy atom. The first kappa shape index (κ1) is 15.4. The molecule has 20 heavy (non-hydrogen) atoms. The van der Waals surface area contributed by atoms with Crippen LogP contribution in [-0.4, -0.2) is 22.3 Å². The second-order valence-electron chi connectivity index (χ2n) is 4.32. The molecule has 0 bridgehead atoms. The average molecular weight is 402 g/mol. The van der Waals surface area contributed by atoms with Crippen LogP contribution in [0.1, 0.15) is 11.3 Å². The van der Waals surface area contributed by atoms with Gasteiger partial charge in [0.05, 0.1) is 10.2 Å². The molecule has 0 aliphatic heterocycles. The summed E-state index contributed by atoms with van der Waals surface area (Å²) in [4.78, 5) is 18.3. The molecule has 0 atom stereocenters. The highest BCUT2D eigenvalue weighted by molar-refractivity contribution is 14.1. The molecule has 4 nitrogen and oxygen atoms in total. The number of H-pyrrole nitrogens is 1. The normalized spacial score (nSPS) is 10.6. The number of aromatic nitrogens is 2. The Kier molecular flexibility index (Phi) is 5.47. The molecule has 0 amide bonds. The van der Waals surface area contributed by atoms with Gasteiger partial charge < -0.3 is 9.72 Å². The van der Waals surface area contributed by atoms with Crippen LogP contribution in [0.3, 0.4) is 0 Å². The third-order valence-electron chi connectivity index (χ3n) is 2.52. The number of aryl methyl sites for hydroxylation is 2. The van der Waals surface area contributed by atoms with E-state index in [1.54, 1.807) is 0 Å². The number of hydrogen-bond acceptors (Lipinski definition) is 4. The van der Waals surface area contributed by atoms with E-state index in [0.717, 1.165) is 20.8 Å². The van der Waals surface area contributed by atoms with E-state index < -0.39 is 0 Å². The molecule has 0 saturated heterocycles. The predicted octanol–water partition coefficient (Wildman–Crippen LogP) is 3.16. The minimum absolute atomic E-state index is 0.117. The van der Waals surface area contributed by atoms with E-state index in [2.05, 4.69) is 45.5 Å². The molecule has 2 aromatic rings. The van der Waals surface area contributed by atoms with Gasteiger partial charge in [0.2, 0.25) is 0 Å². The molecule has 0 unspecified atom stereocenters. The highest BCUT2D eigenvalue weighted by Gasteiger charge is 2.02. The summed E-state index contributed by atoms with van der Waals surface area (Å²) >= 11 is 3.75. The molecule has 1 N–H and O–H groups in total. The fraction of sp³-hybridized carbons (Fsp3) is 0.286. The SMILES string of the molecule is Cc1ccc(OCCSc2nc(C)cc(=O)[nH]2)c(I)c1. The molecule has 0 saturated carbocycles. The van der Waals surface area contributed by atoms with Crippen molar-refractivity contribution in [1.82, 2.24) is 9.97 Å². The van der Waals surface area contributed by atoms with Gasteiger partial charge in [0.25, 0.3) is 5.56 Å². The number of nitrogens with one attached hydrogen (secondary N) is 1. The first-order chi connectivity index (χ1) is 9.54. The van der Waals surface area contributed by atoms with E-state index in [1.165, 1.54) is 23.4 Å². The molecule has 0 aliphatic carbocycles. The highest BCUT2D eigenvalue weighted by atomic mass is 127. The van der Waals surface area contributed by atoms with Gasteiger partial charge in [0.15, 0.2) is 5.16 Å². The molecular formula is C14H15IN2O2S. The Labute approximate surface area is 135 Å². The first-order valence-corrected chi connectivity index (χ1v) is 8.21. The largest absolute Gasteiger partial charge is 0.492 e. The summed E-state index contributed by atoms with van der Waals surface area (Å²) in [6.45, 7) is 4.44. The van der Waals surface area contributed by atoms with E-state index in [0.29, 0.717) is 11.8 Å². The molecule has 0 spiro atoms. The lowest BCUT2D eigenvalue weighted by atomic mass is 10.2. The zero-order valence-corrected chi connectivity index (χ0v) is 14.2. The molecule has 1 aromatic carbocycles. The van der Waals surface area contributed by atoms with Crippen molar-refractivity contribution in [1.29, 1.82) is 0 Å². The average Bonchev–Trinajstić information content (AvgIpc) is 2.35. The third kappa shape index (κ3) is 4.52. The molecule has 6 heteroatoms. The summed E-state index contributed by atoms with van der Waals surface area (Å²) < 4.78 is 6.83. The van der Waals surface area contributed by atoms with Gasteiger partial charge in [-0.1, -0.05) is 17.8 Å². The Morgan fingerprint density at radius 1 is 1.35 bits per heavy atom. The van der Waals surface area contributed by atoms with Crippen LogP contribution < -0.4 is 10.3 Å². The number of hydrogen-bond donors (Lipinski definition) is 1. The first-order valence-electron chi connectivity index (χ1n) is 6.14. The van der Waals surface area contributed by atoms with Gasteiger partial charge in [-0.05, 0) is 54.1 Å². The Bertz CT molecular complexity index is 658. The topological polar surface area (TPSA) is 55.0 Å². The number of thioether (sulfide) groups is 1. The van der Waals surface area contributed by atoms with E-state index >= 15 is 0 Å². The molecular weight excluding hydrogens is 387 g/mol. The zero-order valence-electron chi connectivity index (χ0n) is 11.3. The summed E-state index contributed by atoms with van der Waals surface area (Å²) in [6, 6.07) is 7.58. The number of rotatable bonds is 5. The lowest BCUT2D eigenvalue weighted by Gasteiger charge is -2.08. The van der Waals surface area contributed by atoms with Gasteiger partial charge >= 0.3 is 0 Å². The van der Waals surface area contributed by atoms with Crippen molar-refractivity contribution >= 4 is 34.4 Å². The van der Waals surface area contributed by atoms with Crippen LogP contribution in [0.5, 0.6) is 5.75 Å². The van der Waals surface area contributed by atoms with E-state index in [1.807, 2.05) is 19.1 Å². The van der Waals surface area contributed by atoms with Gasteiger partial charge in [-0.3, -0.25) is 4.79 Å². The lowest BCUT2D eigenvalue weighted by Crippen LogP contribution is -2.09. The zero-order chi connectivity index (χ0) is 14.5. The lowest BCUT2D eigenvalue weighted by molar-refractivity contribution is 0.341. The van der Waals surface area contributed by atoms with Crippen molar-refractivity contribution in [2.24, 2.45) is 0 Å². The number of ether oxygens (including phenoxy) is 1. The van der Waals surface area contributed by atoms with Crippen molar-refractivity contribution in [2.75, 3.05) is 12.4 Å². The van der Waals surface area contributed by atoms with Crippen molar-refractivity contribution in [2.45, 2.75) is 19.0 Å². The highest BCUT2D eigenvalue weighted by Crippen LogP contribution is 2.22. The monoisotopic (exact) mass is 402 g/mol. The number of halogens is 1. The smallest absolute Gasteiger partial charge is 0.251 e. The fourth-order valence-electron chi connectivity index (χ4n) is 1.63. The number of benzene rings is 1. The van der Waals surface area contributed by atoms with Crippen LogP contribution in [0.4, 0.5) is 0 Å². The minimum Gasteiger partial charge on any atom is -0.492 e. The van der Waals surface area contributed by atoms with E-state index in [-0.39, 0.29) is 5.56 Å². The predicted molar refractivity (Wildman–Crippen MR) is 89.7 cm³/mol. The molecule has 0 aliphatic rings. The van der Waals surface area contributed by atoms with Crippen LogP contribution in [0, 0.1) is 17.4 Å². The van der Waals surface area contributed by atoms with Gasteiger partial charge in [-0.15, -0.1) is 0 Å². The van der Waals surface area contributed by atoms with Crippen LogP contribution in [0.25, 0.3) is 0 Å². The molecule has 0 radical (unpaired) electrons. The van der Waals surface area contributed by atoms with Gasteiger partial charge in [-0.2, -0.15) is 0 Å². The van der Waals surface area contributed by atoms with Crippen molar-refractivity contribution in [3.8, 4) is 5.75 Å². The van der Waals surface area contributed by atoms with Crippen molar-refractivity contribution in [3.63, 3.8) is 0 Å². The fourth-order valence-corrected chi connectivity index (χ4v) is 3.20. The van der Waals surface area contributed by atoms with Crippen molar-refractivity contribution in [3.05, 3.63) is 49.4 Å². The van der Waals surface area contributed by atoms with Gasteiger partial charge in [-0.25, -0.2) is 4.98 Å². The minimum atomic E-state index is -0.117. The van der Waals surface area contributed by atoms with Crippen molar-refractivity contribution < 1.29 is 4.74 Å².